The van der Waals surface area contributed by atoms with Crippen molar-refractivity contribution in [3.63, 3.8) is 0 Å². The van der Waals surface area contributed by atoms with Gasteiger partial charge in [-0.2, -0.15) is 0 Å². The third kappa shape index (κ3) is 3.31. The smallest absolute Gasteiger partial charge is 0.230 e. The van der Waals surface area contributed by atoms with Crippen molar-refractivity contribution in [1.82, 2.24) is 10.2 Å². The molecule has 1 N–H and O–H groups in total. The third-order valence-electron chi connectivity index (χ3n) is 7.82. The standard InChI is InChI=1S/C26H32N2O2/c1-30-23-11-9-22(10-12-23)26(13-5-6-14-26)24(29)27-19-25-15-21(16-25)18-28(25)17-20-7-3-2-4-8-20/h2-4,7-12,21H,5-6,13-19H2,1H3,(H,27,29). The largest absolute Gasteiger partial charge is 0.497 e. The van der Waals surface area contributed by atoms with E-state index in [2.05, 4.69) is 52.7 Å². The molecule has 2 aliphatic heterocycles. The van der Waals surface area contributed by atoms with Crippen molar-refractivity contribution in [1.29, 1.82) is 0 Å². The minimum atomic E-state index is -0.380. The number of hydrogen-bond donors (Lipinski definition) is 1. The number of nitrogens with one attached hydrogen (secondary N) is 1. The van der Waals surface area contributed by atoms with Crippen molar-refractivity contribution >= 4 is 5.91 Å². The number of nitrogens with zero attached hydrogens (tertiary/aromatic N) is 1. The molecule has 4 aliphatic rings. The fourth-order valence-electron chi connectivity index (χ4n) is 6.15. The second-order valence-corrected chi connectivity index (χ2v) is 9.57. The fraction of sp³-hybridized carbons (Fsp3) is 0.500. The highest BCUT2D eigenvalue weighted by molar-refractivity contribution is 5.88. The molecule has 2 bridgehead atoms. The van der Waals surface area contributed by atoms with Gasteiger partial charge in [-0.15, -0.1) is 0 Å². The highest BCUT2D eigenvalue weighted by Crippen LogP contribution is 2.51. The van der Waals surface area contributed by atoms with E-state index in [4.69, 9.17) is 4.74 Å². The molecule has 1 amide bonds. The summed E-state index contributed by atoms with van der Waals surface area (Å²) in [7, 11) is 1.68. The Balaban J connectivity index is 1.29. The van der Waals surface area contributed by atoms with Crippen LogP contribution in [0.1, 0.15) is 49.7 Å². The predicted molar refractivity (Wildman–Crippen MR) is 118 cm³/mol. The Hall–Kier alpha value is -2.33. The molecule has 4 heteroatoms. The van der Waals surface area contributed by atoms with Crippen LogP contribution in [0.3, 0.4) is 0 Å². The Bertz CT molecular complexity index is 881. The number of carbonyl (C=O) groups excluding carboxylic acids is 1. The van der Waals surface area contributed by atoms with Gasteiger partial charge in [-0.1, -0.05) is 55.3 Å². The van der Waals surface area contributed by atoms with Crippen LogP contribution >= 0.6 is 0 Å². The van der Waals surface area contributed by atoms with Crippen molar-refractivity contribution < 1.29 is 9.53 Å². The topological polar surface area (TPSA) is 41.6 Å². The number of rotatable bonds is 7. The van der Waals surface area contributed by atoms with E-state index in [9.17, 15) is 4.79 Å². The maximum Gasteiger partial charge on any atom is 0.230 e. The van der Waals surface area contributed by atoms with E-state index in [0.717, 1.165) is 62.5 Å². The lowest BCUT2D eigenvalue weighted by Crippen LogP contribution is -2.56. The summed E-state index contributed by atoms with van der Waals surface area (Å²) in [5.41, 5.74) is 2.27. The van der Waals surface area contributed by atoms with Crippen LogP contribution in [-0.2, 0) is 16.8 Å². The van der Waals surface area contributed by atoms with Crippen LogP contribution in [0.15, 0.2) is 54.6 Å². The lowest BCUT2D eigenvalue weighted by atomic mass is 9.72. The van der Waals surface area contributed by atoms with Crippen molar-refractivity contribution in [2.45, 2.75) is 56.0 Å². The number of amides is 1. The molecule has 0 aromatic heterocycles. The molecule has 2 saturated carbocycles. The summed E-state index contributed by atoms with van der Waals surface area (Å²) < 4.78 is 5.31. The van der Waals surface area contributed by atoms with E-state index in [0.29, 0.717) is 0 Å². The number of benzene rings is 2. The van der Waals surface area contributed by atoms with E-state index >= 15 is 0 Å². The van der Waals surface area contributed by atoms with E-state index < -0.39 is 0 Å². The van der Waals surface area contributed by atoms with Gasteiger partial charge in [-0.25, -0.2) is 0 Å². The number of methoxy groups -OCH3 is 1. The third-order valence-corrected chi connectivity index (χ3v) is 7.82. The molecule has 0 unspecified atom stereocenters. The monoisotopic (exact) mass is 404 g/mol. The molecule has 0 atom stereocenters. The summed E-state index contributed by atoms with van der Waals surface area (Å²) in [6.45, 7) is 2.91. The van der Waals surface area contributed by atoms with Crippen molar-refractivity contribution in [3.05, 3.63) is 65.7 Å². The van der Waals surface area contributed by atoms with Crippen LogP contribution in [0.5, 0.6) is 5.75 Å². The quantitative estimate of drug-likeness (QED) is 0.749. The zero-order valence-corrected chi connectivity index (χ0v) is 17.9. The molecule has 2 heterocycles. The lowest BCUT2D eigenvalue weighted by Gasteiger charge is -2.43. The van der Waals surface area contributed by atoms with Crippen LogP contribution in [0.2, 0.25) is 0 Å². The molecule has 4 nitrogen and oxygen atoms in total. The normalized spacial score (nSPS) is 26.9. The minimum Gasteiger partial charge on any atom is -0.497 e. The summed E-state index contributed by atoms with van der Waals surface area (Å²) in [6.07, 6.45) is 6.55. The van der Waals surface area contributed by atoms with Crippen LogP contribution in [0, 0.1) is 5.92 Å². The predicted octanol–water partition coefficient (Wildman–Crippen LogP) is 4.29. The van der Waals surface area contributed by atoms with E-state index in [1.807, 2.05) is 12.1 Å². The number of carbonyl (C=O) groups is 1. The SMILES string of the molecule is COc1ccc(C2(C(=O)NCC34CC(CN3Cc3ccccc3)C4)CCCC2)cc1. The molecule has 0 spiro atoms. The zero-order chi connectivity index (χ0) is 20.6. The van der Waals surface area contributed by atoms with E-state index in [1.54, 1.807) is 7.11 Å². The average Bonchev–Trinajstić information content (AvgIpc) is 3.46. The molecule has 2 aromatic rings. The Morgan fingerprint density at radius 2 is 1.77 bits per heavy atom. The maximum absolute atomic E-state index is 13.5. The van der Waals surface area contributed by atoms with Crippen LogP contribution in [-0.4, -0.2) is 36.5 Å². The van der Waals surface area contributed by atoms with Gasteiger partial charge in [0, 0.05) is 25.2 Å². The summed E-state index contributed by atoms with van der Waals surface area (Å²) in [4.78, 5) is 16.2. The highest BCUT2D eigenvalue weighted by Gasteiger charge is 2.56. The Morgan fingerprint density at radius 1 is 1.07 bits per heavy atom. The number of hydrogen-bond acceptors (Lipinski definition) is 3. The number of ether oxygens (including phenoxy) is 1. The summed E-state index contributed by atoms with van der Waals surface area (Å²) in [5, 5.41) is 3.42. The number of fused-ring (bicyclic) bond motifs is 1. The van der Waals surface area contributed by atoms with Crippen molar-refractivity contribution in [2.24, 2.45) is 5.92 Å². The molecule has 2 saturated heterocycles. The van der Waals surface area contributed by atoms with E-state index in [1.165, 1.54) is 18.4 Å². The molecule has 2 aromatic carbocycles. The molecule has 2 aliphatic carbocycles. The molecule has 4 fully saturated rings. The first kappa shape index (κ1) is 19.6. The van der Waals surface area contributed by atoms with Gasteiger partial charge >= 0.3 is 0 Å². The zero-order valence-electron chi connectivity index (χ0n) is 17.9. The first-order valence-electron chi connectivity index (χ1n) is 11.4. The summed E-state index contributed by atoms with van der Waals surface area (Å²) >= 11 is 0. The molecular weight excluding hydrogens is 372 g/mol. The Morgan fingerprint density at radius 3 is 2.43 bits per heavy atom. The van der Waals surface area contributed by atoms with Gasteiger partial charge in [-0.3, -0.25) is 9.69 Å². The van der Waals surface area contributed by atoms with Crippen molar-refractivity contribution in [3.8, 4) is 5.75 Å². The molecule has 158 valence electrons. The Labute approximate surface area is 179 Å². The molecule has 30 heavy (non-hydrogen) atoms. The van der Waals surface area contributed by atoms with Gasteiger partial charge in [0.1, 0.15) is 5.75 Å². The van der Waals surface area contributed by atoms with Gasteiger partial charge in [-0.05, 0) is 54.9 Å². The van der Waals surface area contributed by atoms with Crippen LogP contribution < -0.4 is 10.1 Å². The minimum absolute atomic E-state index is 0.149. The van der Waals surface area contributed by atoms with Gasteiger partial charge in [0.15, 0.2) is 0 Å². The van der Waals surface area contributed by atoms with Gasteiger partial charge in [0.25, 0.3) is 0 Å². The molecular formula is C26H32N2O2. The fourth-order valence-corrected chi connectivity index (χ4v) is 6.15. The Kier molecular flexibility index (Phi) is 5.06. The van der Waals surface area contributed by atoms with Gasteiger partial charge in [0.05, 0.1) is 12.5 Å². The van der Waals surface area contributed by atoms with E-state index in [-0.39, 0.29) is 16.9 Å². The second kappa shape index (κ2) is 7.73. The van der Waals surface area contributed by atoms with Crippen LogP contribution in [0.25, 0.3) is 0 Å². The van der Waals surface area contributed by atoms with Gasteiger partial charge in [0.2, 0.25) is 5.91 Å². The summed E-state index contributed by atoms with van der Waals surface area (Å²) in [6, 6.07) is 18.8. The molecule has 6 rings (SSSR count). The summed E-state index contributed by atoms with van der Waals surface area (Å²) in [5.74, 6) is 1.86. The van der Waals surface area contributed by atoms with Crippen molar-refractivity contribution in [2.75, 3.05) is 20.2 Å². The lowest BCUT2D eigenvalue weighted by molar-refractivity contribution is -0.127. The first-order chi connectivity index (χ1) is 14.6. The maximum atomic E-state index is 13.5. The average molecular weight is 405 g/mol. The van der Waals surface area contributed by atoms with Gasteiger partial charge < -0.3 is 10.1 Å². The molecule has 0 radical (unpaired) electrons. The second-order valence-electron chi connectivity index (χ2n) is 9.57. The van der Waals surface area contributed by atoms with Crippen LogP contribution in [0.4, 0.5) is 0 Å². The first-order valence-corrected chi connectivity index (χ1v) is 11.4. The highest BCUT2D eigenvalue weighted by atomic mass is 16.5.